The van der Waals surface area contributed by atoms with E-state index in [-0.39, 0.29) is 5.91 Å². The van der Waals surface area contributed by atoms with Gasteiger partial charge in [0.05, 0.1) is 5.54 Å². The third-order valence-corrected chi connectivity index (χ3v) is 3.57. The molecular formula is C11H23N3O. The minimum atomic E-state index is -0.425. The highest BCUT2D eigenvalue weighted by Gasteiger charge is 2.38. The molecule has 1 amide bonds. The lowest BCUT2D eigenvalue weighted by molar-refractivity contribution is -0.131. The van der Waals surface area contributed by atoms with E-state index in [0.29, 0.717) is 0 Å². The van der Waals surface area contributed by atoms with Crippen LogP contribution in [0.4, 0.5) is 0 Å². The third kappa shape index (κ3) is 2.49. The van der Waals surface area contributed by atoms with Crippen LogP contribution in [0.5, 0.6) is 0 Å². The number of primary amides is 1. The number of nitrogens with zero attached hydrogens (tertiary/aromatic N) is 1. The first-order valence-corrected chi connectivity index (χ1v) is 5.93. The van der Waals surface area contributed by atoms with E-state index in [2.05, 4.69) is 10.2 Å². The average molecular weight is 213 g/mol. The van der Waals surface area contributed by atoms with Gasteiger partial charge in [-0.1, -0.05) is 13.8 Å². The highest BCUT2D eigenvalue weighted by molar-refractivity contribution is 5.84. The summed E-state index contributed by atoms with van der Waals surface area (Å²) in [4.78, 5) is 13.9. The van der Waals surface area contributed by atoms with Gasteiger partial charge in [0.25, 0.3) is 0 Å². The van der Waals surface area contributed by atoms with Gasteiger partial charge >= 0.3 is 0 Å². The van der Waals surface area contributed by atoms with Crippen LogP contribution in [0.1, 0.15) is 33.1 Å². The zero-order valence-electron chi connectivity index (χ0n) is 9.88. The van der Waals surface area contributed by atoms with Gasteiger partial charge in [0.2, 0.25) is 5.91 Å². The van der Waals surface area contributed by atoms with E-state index in [9.17, 15) is 4.79 Å². The maximum absolute atomic E-state index is 11.7. The summed E-state index contributed by atoms with van der Waals surface area (Å²) in [6.45, 7) is 7.98. The van der Waals surface area contributed by atoms with Gasteiger partial charge in [0, 0.05) is 19.6 Å². The molecule has 88 valence electrons. The molecule has 4 nitrogen and oxygen atoms in total. The topological polar surface area (TPSA) is 58.4 Å². The molecule has 3 N–H and O–H groups in total. The summed E-state index contributed by atoms with van der Waals surface area (Å²) in [5.41, 5.74) is 5.15. The summed E-state index contributed by atoms with van der Waals surface area (Å²) in [6.07, 6.45) is 2.70. The van der Waals surface area contributed by atoms with Crippen molar-refractivity contribution in [1.29, 1.82) is 0 Å². The zero-order chi connectivity index (χ0) is 11.3. The Kier molecular flexibility index (Phi) is 4.54. The molecule has 0 aliphatic carbocycles. The first-order valence-electron chi connectivity index (χ1n) is 5.93. The maximum atomic E-state index is 11.7. The Morgan fingerprint density at radius 2 is 2.00 bits per heavy atom. The average Bonchev–Trinajstić information content (AvgIpc) is 2.49. The van der Waals surface area contributed by atoms with Crippen LogP contribution in [0.2, 0.25) is 0 Å². The van der Waals surface area contributed by atoms with Crippen molar-refractivity contribution >= 4 is 5.91 Å². The summed E-state index contributed by atoms with van der Waals surface area (Å²) < 4.78 is 0. The second kappa shape index (κ2) is 5.47. The van der Waals surface area contributed by atoms with E-state index in [0.717, 1.165) is 45.4 Å². The SMILES string of the molecule is CCC(CC)(C(N)=O)N1CCCNCC1. The van der Waals surface area contributed by atoms with Crippen molar-refractivity contribution in [2.24, 2.45) is 5.73 Å². The Morgan fingerprint density at radius 1 is 1.33 bits per heavy atom. The number of nitrogens with two attached hydrogens (primary N) is 1. The Morgan fingerprint density at radius 3 is 2.53 bits per heavy atom. The number of hydrogen-bond donors (Lipinski definition) is 2. The van der Waals surface area contributed by atoms with Gasteiger partial charge in [-0.15, -0.1) is 0 Å². The molecule has 0 bridgehead atoms. The van der Waals surface area contributed by atoms with Gasteiger partial charge in [0.15, 0.2) is 0 Å². The molecule has 0 aromatic rings. The molecule has 1 rings (SSSR count). The Bertz CT molecular complexity index is 206. The molecule has 1 aliphatic heterocycles. The maximum Gasteiger partial charge on any atom is 0.237 e. The highest BCUT2D eigenvalue weighted by atomic mass is 16.1. The van der Waals surface area contributed by atoms with Crippen molar-refractivity contribution in [3.63, 3.8) is 0 Å². The number of amides is 1. The van der Waals surface area contributed by atoms with Crippen LogP contribution >= 0.6 is 0 Å². The van der Waals surface area contributed by atoms with Crippen LogP contribution in [0.15, 0.2) is 0 Å². The fourth-order valence-electron chi connectivity index (χ4n) is 2.48. The molecule has 1 aliphatic rings. The highest BCUT2D eigenvalue weighted by Crippen LogP contribution is 2.24. The Balaban J connectivity index is 2.81. The monoisotopic (exact) mass is 213 g/mol. The normalized spacial score (nSPS) is 19.9. The van der Waals surface area contributed by atoms with Crippen molar-refractivity contribution in [2.45, 2.75) is 38.6 Å². The van der Waals surface area contributed by atoms with E-state index >= 15 is 0 Å². The van der Waals surface area contributed by atoms with E-state index in [1.807, 2.05) is 13.8 Å². The fraction of sp³-hybridized carbons (Fsp3) is 0.909. The molecule has 4 heteroatoms. The van der Waals surface area contributed by atoms with Crippen LogP contribution < -0.4 is 11.1 Å². The lowest BCUT2D eigenvalue weighted by Crippen LogP contribution is -2.57. The second-order valence-electron chi connectivity index (χ2n) is 4.19. The number of nitrogens with one attached hydrogen (secondary N) is 1. The summed E-state index contributed by atoms with van der Waals surface area (Å²) in [5, 5.41) is 3.34. The predicted molar refractivity (Wildman–Crippen MR) is 61.6 cm³/mol. The second-order valence-corrected chi connectivity index (χ2v) is 4.19. The number of rotatable bonds is 4. The molecule has 0 radical (unpaired) electrons. The van der Waals surface area contributed by atoms with Crippen LogP contribution in [-0.2, 0) is 4.79 Å². The zero-order valence-corrected chi connectivity index (χ0v) is 9.88. The first kappa shape index (κ1) is 12.5. The van der Waals surface area contributed by atoms with E-state index in [1.165, 1.54) is 0 Å². The molecule has 0 spiro atoms. The standard InChI is InChI=1S/C11H23N3O/c1-3-11(4-2,10(12)15)14-8-5-6-13-7-9-14/h13H,3-9H2,1-2H3,(H2,12,15). The summed E-state index contributed by atoms with van der Waals surface area (Å²) >= 11 is 0. The van der Waals surface area contributed by atoms with Crippen LogP contribution in [0.3, 0.4) is 0 Å². The first-order chi connectivity index (χ1) is 7.17. The van der Waals surface area contributed by atoms with Crippen molar-refractivity contribution in [1.82, 2.24) is 10.2 Å². The minimum absolute atomic E-state index is 0.172. The minimum Gasteiger partial charge on any atom is -0.368 e. The van der Waals surface area contributed by atoms with Crippen LogP contribution in [0, 0.1) is 0 Å². The van der Waals surface area contributed by atoms with Gasteiger partial charge in [0.1, 0.15) is 0 Å². The van der Waals surface area contributed by atoms with Crippen molar-refractivity contribution in [3.8, 4) is 0 Å². The van der Waals surface area contributed by atoms with Crippen molar-refractivity contribution < 1.29 is 4.79 Å². The molecule has 1 heterocycles. The van der Waals surface area contributed by atoms with Gasteiger partial charge < -0.3 is 11.1 Å². The van der Waals surface area contributed by atoms with Crippen LogP contribution in [-0.4, -0.2) is 42.5 Å². The molecular weight excluding hydrogens is 190 g/mol. The van der Waals surface area contributed by atoms with Crippen LogP contribution in [0.25, 0.3) is 0 Å². The molecule has 1 saturated heterocycles. The lowest BCUT2D eigenvalue weighted by Gasteiger charge is -2.39. The summed E-state index contributed by atoms with van der Waals surface area (Å²) in [6, 6.07) is 0. The predicted octanol–water partition coefficient (Wildman–Crippen LogP) is 0.326. The quantitative estimate of drug-likeness (QED) is 0.707. The summed E-state index contributed by atoms with van der Waals surface area (Å²) in [7, 11) is 0. The van der Waals surface area contributed by atoms with Crippen molar-refractivity contribution in [3.05, 3.63) is 0 Å². The Hall–Kier alpha value is -0.610. The van der Waals surface area contributed by atoms with Gasteiger partial charge in [-0.3, -0.25) is 9.69 Å². The molecule has 0 saturated carbocycles. The molecule has 0 atom stereocenters. The molecule has 15 heavy (non-hydrogen) atoms. The van der Waals surface area contributed by atoms with Crippen molar-refractivity contribution in [2.75, 3.05) is 26.2 Å². The Labute approximate surface area is 92.2 Å². The van der Waals surface area contributed by atoms with Gasteiger partial charge in [-0.2, -0.15) is 0 Å². The van der Waals surface area contributed by atoms with E-state index in [1.54, 1.807) is 0 Å². The molecule has 0 unspecified atom stereocenters. The lowest BCUT2D eigenvalue weighted by atomic mass is 9.89. The number of hydrogen-bond acceptors (Lipinski definition) is 3. The van der Waals surface area contributed by atoms with Gasteiger partial charge in [-0.05, 0) is 25.8 Å². The fourth-order valence-corrected chi connectivity index (χ4v) is 2.48. The molecule has 0 aromatic carbocycles. The smallest absolute Gasteiger partial charge is 0.237 e. The summed E-state index contributed by atoms with van der Waals surface area (Å²) in [5.74, 6) is -0.172. The van der Waals surface area contributed by atoms with E-state index in [4.69, 9.17) is 5.73 Å². The number of carbonyl (C=O) groups excluding carboxylic acids is 1. The third-order valence-electron chi connectivity index (χ3n) is 3.57. The molecule has 1 fully saturated rings. The molecule has 0 aromatic heterocycles. The largest absolute Gasteiger partial charge is 0.368 e. The number of carbonyl (C=O) groups is 1. The van der Waals surface area contributed by atoms with Gasteiger partial charge in [-0.25, -0.2) is 0 Å². The van der Waals surface area contributed by atoms with E-state index < -0.39 is 5.54 Å².